The lowest BCUT2D eigenvalue weighted by atomic mass is 9.97. The second-order valence-corrected chi connectivity index (χ2v) is 4.26. The number of benzene rings is 1. The summed E-state index contributed by atoms with van der Waals surface area (Å²) in [5.41, 5.74) is -1.09. The predicted octanol–water partition coefficient (Wildman–Crippen LogP) is 2.52. The van der Waals surface area contributed by atoms with E-state index in [2.05, 4.69) is 15.9 Å². The first-order valence-electron chi connectivity index (χ1n) is 3.73. The summed E-state index contributed by atoms with van der Waals surface area (Å²) in [6, 6.07) is 2.63. The van der Waals surface area contributed by atoms with Crippen molar-refractivity contribution in [1.82, 2.24) is 0 Å². The van der Waals surface area contributed by atoms with E-state index in [1.165, 1.54) is 19.9 Å². The molecule has 72 valence electrons. The van der Waals surface area contributed by atoms with Crippen LogP contribution in [0, 0.1) is 5.82 Å². The Morgan fingerprint density at radius 1 is 1.38 bits per heavy atom. The Morgan fingerprint density at radius 2 is 1.92 bits per heavy atom. The molecule has 4 heteroatoms. The molecule has 1 aromatic rings. The van der Waals surface area contributed by atoms with Crippen LogP contribution >= 0.6 is 15.9 Å². The summed E-state index contributed by atoms with van der Waals surface area (Å²) in [5, 5.41) is 18.9. The predicted molar refractivity (Wildman–Crippen MR) is 51.0 cm³/mol. The Balaban J connectivity index is 3.37. The molecule has 0 saturated carbocycles. The Hall–Kier alpha value is -0.610. The zero-order chi connectivity index (χ0) is 10.2. The van der Waals surface area contributed by atoms with Crippen molar-refractivity contribution in [1.29, 1.82) is 0 Å². The molecule has 0 amide bonds. The molecule has 0 saturated heterocycles. The third kappa shape index (κ3) is 2.19. The Labute approximate surface area is 84.1 Å². The van der Waals surface area contributed by atoms with Crippen molar-refractivity contribution in [3.8, 4) is 5.75 Å². The molecule has 13 heavy (non-hydrogen) atoms. The maximum Gasteiger partial charge on any atom is 0.166 e. The molecule has 0 unspecified atom stereocenters. The van der Waals surface area contributed by atoms with Gasteiger partial charge in [0.1, 0.15) is 0 Å². The molecule has 2 N–H and O–H groups in total. The molecule has 0 atom stereocenters. The van der Waals surface area contributed by atoms with Gasteiger partial charge in [0.25, 0.3) is 0 Å². The van der Waals surface area contributed by atoms with E-state index in [-0.39, 0.29) is 5.56 Å². The van der Waals surface area contributed by atoms with Gasteiger partial charge < -0.3 is 10.2 Å². The van der Waals surface area contributed by atoms with E-state index in [1.807, 2.05) is 0 Å². The molecule has 0 aliphatic rings. The number of aliphatic hydroxyl groups is 1. The number of phenols is 1. The molecule has 0 fully saturated rings. The molecular weight excluding hydrogens is 239 g/mol. The molecule has 0 radical (unpaired) electrons. The molecule has 1 aromatic carbocycles. The number of phenolic OH excluding ortho intramolecular Hbond substituents is 1. The van der Waals surface area contributed by atoms with Crippen LogP contribution < -0.4 is 0 Å². The lowest BCUT2D eigenvalue weighted by Gasteiger charge is -2.19. The molecule has 0 aromatic heterocycles. The van der Waals surface area contributed by atoms with Gasteiger partial charge >= 0.3 is 0 Å². The Kier molecular flexibility index (Phi) is 2.63. The summed E-state index contributed by atoms with van der Waals surface area (Å²) in [6.07, 6.45) is 0. The third-order valence-corrected chi connectivity index (χ3v) is 2.15. The summed E-state index contributed by atoms with van der Waals surface area (Å²) >= 11 is 3.08. The lowest BCUT2D eigenvalue weighted by molar-refractivity contribution is 0.0751. The highest BCUT2D eigenvalue weighted by atomic mass is 79.9. The lowest BCUT2D eigenvalue weighted by Crippen LogP contribution is -2.16. The van der Waals surface area contributed by atoms with Crippen LogP contribution in [0.1, 0.15) is 19.4 Å². The fourth-order valence-electron chi connectivity index (χ4n) is 1.03. The van der Waals surface area contributed by atoms with Crippen LogP contribution in [0.25, 0.3) is 0 Å². The standard InChI is InChI=1S/C9H10BrFO2/c1-9(2,13)6-3-5(10)4-7(11)8(6)12/h3-4,12-13H,1-2H3. The van der Waals surface area contributed by atoms with Crippen molar-refractivity contribution in [3.63, 3.8) is 0 Å². The van der Waals surface area contributed by atoms with Crippen LogP contribution in [0.15, 0.2) is 16.6 Å². The molecule has 0 bridgehead atoms. The van der Waals surface area contributed by atoms with E-state index in [4.69, 9.17) is 0 Å². The van der Waals surface area contributed by atoms with Crippen molar-refractivity contribution >= 4 is 15.9 Å². The van der Waals surface area contributed by atoms with Crippen LogP contribution in [0.5, 0.6) is 5.75 Å². The second kappa shape index (κ2) is 3.27. The fourth-order valence-corrected chi connectivity index (χ4v) is 1.46. The first kappa shape index (κ1) is 10.5. The van der Waals surface area contributed by atoms with Crippen molar-refractivity contribution in [3.05, 3.63) is 28.0 Å². The second-order valence-electron chi connectivity index (χ2n) is 3.34. The zero-order valence-electron chi connectivity index (χ0n) is 7.31. The van der Waals surface area contributed by atoms with E-state index in [1.54, 1.807) is 0 Å². The van der Waals surface area contributed by atoms with Gasteiger partial charge in [-0.25, -0.2) is 4.39 Å². The van der Waals surface area contributed by atoms with Gasteiger partial charge in [-0.3, -0.25) is 0 Å². The number of hydrogen-bond acceptors (Lipinski definition) is 2. The average Bonchev–Trinajstić information content (AvgIpc) is 1.94. The summed E-state index contributed by atoms with van der Waals surface area (Å²) in [5.74, 6) is -1.25. The zero-order valence-corrected chi connectivity index (χ0v) is 8.89. The number of hydrogen-bond donors (Lipinski definition) is 2. The summed E-state index contributed by atoms with van der Waals surface area (Å²) in [4.78, 5) is 0. The van der Waals surface area contributed by atoms with Gasteiger partial charge in [-0.05, 0) is 26.0 Å². The molecule has 0 aliphatic heterocycles. The first-order chi connectivity index (χ1) is 5.82. The van der Waals surface area contributed by atoms with Crippen LogP contribution in [0.2, 0.25) is 0 Å². The SMILES string of the molecule is CC(C)(O)c1cc(Br)cc(F)c1O. The van der Waals surface area contributed by atoms with E-state index >= 15 is 0 Å². The molecule has 2 nitrogen and oxygen atoms in total. The van der Waals surface area contributed by atoms with Crippen LogP contribution in [0.3, 0.4) is 0 Å². The summed E-state index contributed by atoms with van der Waals surface area (Å²) in [6.45, 7) is 2.96. The minimum absolute atomic E-state index is 0.166. The summed E-state index contributed by atoms with van der Waals surface area (Å²) < 4.78 is 13.5. The molecule has 0 aliphatic carbocycles. The van der Waals surface area contributed by atoms with Crippen LogP contribution in [-0.4, -0.2) is 10.2 Å². The maximum absolute atomic E-state index is 13.0. The highest BCUT2D eigenvalue weighted by Gasteiger charge is 2.22. The normalized spacial score (nSPS) is 11.8. The van der Waals surface area contributed by atoms with Gasteiger partial charge in [-0.15, -0.1) is 0 Å². The molecular formula is C9H10BrFO2. The number of aromatic hydroxyl groups is 1. The van der Waals surface area contributed by atoms with E-state index in [9.17, 15) is 14.6 Å². The smallest absolute Gasteiger partial charge is 0.166 e. The van der Waals surface area contributed by atoms with Gasteiger partial charge in [-0.1, -0.05) is 15.9 Å². The highest BCUT2D eigenvalue weighted by molar-refractivity contribution is 9.10. The quantitative estimate of drug-likeness (QED) is 0.802. The average molecular weight is 249 g/mol. The largest absolute Gasteiger partial charge is 0.505 e. The Bertz CT molecular complexity index is 331. The van der Waals surface area contributed by atoms with Gasteiger partial charge in [0.15, 0.2) is 11.6 Å². The highest BCUT2D eigenvalue weighted by Crippen LogP contribution is 2.33. The van der Waals surface area contributed by atoms with Gasteiger partial charge in [-0.2, -0.15) is 0 Å². The minimum Gasteiger partial charge on any atom is -0.505 e. The molecule has 0 heterocycles. The number of halogens is 2. The van der Waals surface area contributed by atoms with E-state index in [0.717, 1.165) is 6.07 Å². The fraction of sp³-hybridized carbons (Fsp3) is 0.333. The van der Waals surface area contributed by atoms with Gasteiger partial charge in [0, 0.05) is 10.0 Å². The molecule has 0 spiro atoms. The topological polar surface area (TPSA) is 40.5 Å². The van der Waals surface area contributed by atoms with Crippen molar-refractivity contribution < 1.29 is 14.6 Å². The van der Waals surface area contributed by atoms with Crippen molar-refractivity contribution in [2.24, 2.45) is 0 Å². The Morgan fingerprint density at radius 3 is 2.38 bits per heavy atom. The van der Waals surface area contributed by atoms with Gasteiger partial charge in [0.2, 0.25) is 0 Å². The van der Waals surface area contributed by atoms with Crippen LogP contribution in [-0.2, 0) is 5.60 Å². The van der Waals surface area contributed by atoms with Crippen molar-refractivity contribution in [2.45, 2.75) is 19.4 Å². The van der Waals surface area contributed by atoms with E-state index in [0.29, 0.717) is 4.47 Å². The monoisotopic (exact) mass is 248 g/mol. The third-order valence-electron chi connectivity index (χ3n) is 1.69. The van der Waals surface area contributed by atoms with Gasteiger partial charge in [0.05, 0.1) is 5.60 Å². The van der Waals surface area contributed by atoms with Crippen molar-refractivity contribution in [2.75, 3.05) is 0 Å². The van der Waals surface area contributed by atoms with E-state index < -0.39 is 17.2 Å². The minimum atomic E-state index is -1.26. The number of rotatable bonds is 1. The van der Waals surface area contributed by atoms with Crippen LogP contribution in [0.4, 0.5) is 4.39 Å². The maximum atomic E-state index is 13.0. The molecule has 1 rings (SSSR count). The summed E-state index contributed by atoms with van der Waals surface area (Å²) in [7, 11) is 0. The first-order valence-corrected chi connectivity index (χ1v) is 4.52.